The van der Waals surface area contributed by atoms with Gasteiger partial charge in [0, 0.05) is 20.1 Å². The fourth-order valence-corrected chi connectivity index (χ4v) is 5.04. The summed E-state index contributed by atoms with van der Waals surface area (Å²) >= 11 is 0. The SMILES string of the molecule is COc1ccc(S(=O)(=O)N(CCc2ccccc2)CC(=O)N(C)Cc2ccccc2)cc1C. The van der Waals surface area contributed by atoms with Crippen molar-refractivity contribution in [2.24, 2.45) is 0 Å². The Kier molecular flexibility index (Phi) is 8.25. The Hall–Kier alpha value is -3.16. The molecule has 0 aliphatic carbocycles. The van der Waals surface area contributed by atoms with Crippen molar-refractivity contribution in [1.29, 1.82) is 0 Å². The second-order valence-corrected chi connectivity index (χ2v) is 9.88. The van der Waals surface area contributed by atoms with Crippen LogP contribution in [-0.4, -0.2) is 50.8 Å². The third-order valence-electron chi connectivity index (χ3n) is 5.50. The van der Waals surface area contributed by atoms with Gasteiger partial charge in [0.05, 0.1) is 18.6 Å². The predicted molar refractivity (Wildman–Crippen MR) is 130 cm³/mol. The molecule has 0 aromatic heterocycles. The first kappa shape index (κ1) is 24.5. The zero-order valence-electron chi connectivity index (χ0n) is 19.3. The minimum Gasteiger partial charge on any atom is -0.496 e. The van der Waals surface area contributed by atoms with Crippen LogP contribution in [0.1, 0.15) is 16.7 Å². The maximum Gasteiger partial charge on any atom is 0.243 e. The second kappa shape index (κ2) is 11.1. The molecule has 6 nitrogen and oxygen atoms in total. The van der Waals surface area contributed by atoms with Crippen molar-refractivity contribution in [2.45, 2.75) is 24.8 Å². The molecule has 0 saturated heterocycles. The first-order valence-electron chi connectivity index (χ1n) is 10.8. The number of sulfonamides is 1. The van der Waals surface area contributed by atoms with Crippen molar-refractivity contribution in [3.8, 4) is 5.75 Å². The molecule has 0 unspecified atom stereocenters. The standard InChI is InChI=1S/C26H30N2O4S/c1-21-18-24(14-15-25(21)32-3)33(30,31)28(17-16-22-10-6-4-7-11-22)20-26(29)27(2)19-23-12-8-5-9-13-23/h4-15,18H,16-17,19-20H2,1-3H3. The van der Waals surface area contributed by atoms with E-state index in [1.807, 2.05) is 60.7 Å². The molecule has 7 heteroatoms. The predicted octanol–water partition coefficient (Wildman–Crippen LogP) is 3.90. The van der Waals surface area contributed by atoms with Crippen molar-refractivity contribution < 1.29 is 17.9 Å². The highest BCUT2D eigenvalue weighted by atomic mass is 32.2. The Bertz CT molecular complexity index is 1170. The maximum atomic E-state index is 13.5. The van der Waals surface area contributed by atoms with Gasteiger partial charge < -0.3 is 9.64 Å². The van der Waals surface area contributed by atoms with Crippen LogP contribution in [0.15, 0.2) is 83.8 Å². The largest absolute Gasteiger partial charge is 0.496 e. The van der Waals surface area contributed by atoms with Crippen molar-refractivity contribution in [3.63, 3.8) is 0 Å². The number of benzene rings is 3. The number of hydrogen-bond donors (Lipinski definition) is 0. The molecule has 0 spiro atoms. The van der Waals surface area contributed by atoms with Gasteiger partial charge in [-0.15, -0.1) is 0 Å². The number of aryl methyl sites for hydroxylation is 1. The fourth-order valence-electron chi connectivity index (χ4n) is 3.56. The van der Waals surface area contributed by atoms with Gasteiger partial charge in [-0.25, -0.2) is 8.42 Å². The molecule has 3 aromatic carbocycles. The molecule has 0 saturated carbocycles. The van der Waals surface area contributed by atoms with Crippen LogP contribution >= 0.6 is 0 Å². The summed E-state index contributed by atoms with van der Waals surface area (Å²) < 4.78 is 33.6. The van der Waals surface area contributed by atoms with Gasteiger partial charge in [-0.3, -0.25) is 4.79 Å². The van der Waals surface area contributed by atoms with Gasteiger partial charge in [0.25, 0.3) is 0 Å². The molecule has 0 bridgehead atoms. The van der Waals surface area contributed by atoms with E-state index in [1.54, 1.807) is 38.1 Å². The number of methoxy groups -OCH3 is 1. The highest BCUT2D eigenvalue weighted by Crippen LogP contribution is 2.24. The molecule has 174 valence electrons. The molecule has 33 heavy (non-hydrogen) atoms. The molecule has 0 aliphatic rings. The average molecular weight is 467 g/mol. The average Bonchev–Trinajstić information content (AvgIpc) is 2.82. The molecule has 0 heterocycles. The number of carbonyl (C=O) groups excluding carboxylic acids is 1. The van der Waals surface area contributed by atoms with E-state index >= 15 is 0 Å². The monoisotopic (exact) mass is 466 g/mol. The maximum absolute atomic E-state index is 13.5. The normalized spacial score (nSPS) is 11.4. The summed E-state index contributed by atoms with van der Waals surface area (Å²) in [6.07, 6.45) is 0.505. The van der Waals surface area contributed by atoms with E-state index in [4.69, 9.17) is 4.74 Å². The first-order valence-corrected chi connectivity index (χ1v) is 12.2. The molecular weight excluding hydrogens is 436 g/mol. The van der Waals surface area contributed by atoms with E-state index in [2.05, 4.69) is 0 Å². The minimum absolute atomic E-state index is 0.146. The summed E-state index contributed by atoms with van der Waals surface area (Å²) in [7, 11) is -0.655. The summed E-state index contributed by atoms with van der Waals surface area (Å²) in [5.74, 6) is 0.351. The van der Waals surface area contributed by atoms with Crippen LogP contribution < -0.4 is 4.74 Å². The Labute approximate surface area is 196 Å². The van der Waals surface area contributed by atoms with Gasteiger partial charge in [0.2, 0.25) is 15.9 Å². The van der Waals surface area contributed by atoms with Gasteiger partial charge in [-0.2, -0.15) is 4.31 Å². The van der Waals surface area contributed by atoms with E-state index in [1.165, 1.54) is 10.4 Å². The Morgan fingerprint density at radius 1 is 0.909 bits per heavy atom. The van der Waals surface area contributed by atoms with E-state index in [-0.39, 0.29) is 23.9 Å². The number of likely N-dealkylation sites (N-methyl/N-ethyl adjacent to an activating group) is 1. The zero-order chi connectivity index (χ0) is 23.8. The Morgan fingerprint density at radius 2 is 1.52 bits per heavy atom. The van der Waals surface area contributed by atoms with Crippen LogP contribution in [0.4, 0.5) is 0 Å². The van der Waals surface area contributed by atoms with Crippen LogP contribution in [0.3, 0.4) is 0 Å². The summed E-state index contributed by atoms with van der Waals surface area (Å²) in [4.78, 5) is 14.7. The molecule has 0 aliphatic heterocycles. The smallest absolute Gasteiger partial charge is 0.243 e. The lowest BCUT2D eigenvalue weighted by molar-refractivity contribution is -0.130. The van der Waals surface area contributed by atoms with Crippen molar-refractivity contribution in [1.82, 2.24) is 9.21 Å². The lowest BCUT2D eigenvalue weighted by atomic mass is 10.1. The molecule has 3 rings (SSSR count). The Balaban J connectivity index is 1.83. The zero-order valence-corrected chi connectivity index (χ0v) is 20.1. The molecular formula is C26H30N2O4S. The first-order chi connectivity index (χ1) is 15.8. The van der Waals surface area contributed by atoms with Gasteiger partial charge >= 0.3 is 0 Å². The number of hydrogen-bond acceptors (Lipinski definition) is 4. The van der Waals surface area contributed by atoms with Gasteiger partial charge in [-0.1, -0.05) is 60.7 Å². The Morgan fingerprint density at radius 3 is 2.09 bits per heavy atom. The van der Waals surface area contributed by atoms with Crippen molar-refractivity contribution in [2.75, 3.05) is 27.2 Å². The molecule has 1 amide bonds. The third kappa shape index (κ3) is 6.43. The van der Waals surface area contributed by atoms with E-state index in [9.17, 15) is 13.2 Å². The number of nitrogens with zero attached hydrogens (tertiary/aromatic N) is 2. The van der Waals surface area contributed by atoms with E-state index in [0.29, 0.717) is 24.3 Å². The molecule has 0 atom stereocenters. The second-order valence-electron chi connectivity index (χ2n) is 7.94. The van der Waals surface area contributed by atoms with E-state index in [0.717, 1.165) is 11.1 Å². The number of carbonyl (C=O) groups is 1. The highest BCUT2D eigenvalue weighted by molar-refractivity contribution is 7.89. The van der Waals surface area contributed by atoms with Gasteiger partial charge in [0.1, 0.15) is 5.75 Å². The quantitative estimate of drug-likeness (QED) is 0.455. The van der Waals surface area contributed by atoms with Crippen molar-refractivity contribution >= 4 is 15.9 Å². The number of ether oxygens (including phenoxy) is 1. The van der Waals surface area contributed by atoms with Gasteiger partial charge in [0.15, 0.2) is 0 Å². The molecule has 0 radical (unpaired) electrons. The third-order valence-corrected chi connectivity index (χ3v) is 7.34. The van der Waals surface area contributed by atoms with E-state index < -0.39 is 10.0 Å². The fraction of sp³-hybridized carbons (Fsp3) is 0.269. The number of amides is 1. The summed E-state index contributed by atoms with van der Waals surface area (Å²) in [6, 6.07) is 24.0. The van der Waals surface area contributed by atoms with Crippen LogP contribution in [0.2, 0.25) is 0 Å². The highest BCUT2D eigenvalue weighted by Gasteiger charge is 2.28. The minimum atomic E-state index is -3.89. The van der Waals surface area contributed by atoms with Gasteiger partial charge in [-0.05, 0) is 48.2 Å². The van der Waals surface area contributed by atoms with Crippen LogP contribution in [0.25, 0.3) is 0 Å². The van der Waals surface area contributed by atoms with Crippen LogP contribution in [0, 0.1) is 6.92 Å². The topological polar surface area (TPSA) is 66.9 Å². The molecule has 0 fully saturated rings. The van der Waals surface area contributed by atoms with Crippen molar-refractivity contribution in [3.05, 3.63) is 95.6 Å². The summed E-state index contributed by atoms with van der Waals surface area (Å²) in [5.41, 5.74) is 2.71. The number of rotatable bonds is 10. The lowest BCUT2D eigenvalue weighted by Gasteiger charge is -2.25. The molecule has 0 N–H and O–H groups in total. The summed E-state index contributed by atoms with van der Waals surface area (Å²) in [6.45, 7) is 2.17. The van der Waals surface area contributed by atoms with Crippen LogP contribution in [-0.2, 0) is 27.8 Å². The molecule has 3 aromatic rings. The summed E-state index contributed by atoms with van der Waals surface area (Å²) in [5, 5.41) is 0. The lowest BCUT2D eigenvalue weighted by Crippen LogP contribution is -2.42. The van der Waals surface area contributed by atoms with Crippen LogP contribution in [0.5, 0.6) is 5.75 Å².